The van der Waals surface area contributed by atoms with E-state index in [1.807, 2.05) is 6.92 Å². The molecule has 0 bridgehead atoms. The molecule has 1 rings (SSSR count). The Labute approximate surface area is 133 Å². The third kappa shape index (κ3) is 5.08. The van der Waals surface area contributed by atoms with Gasteiger partial charge in [-0.15, -0.1) is 0 Å². The molecule has 0 amide bonds. The van der Waals surface area contributed by atoms with E-state index in [4.69, 9.17) is 0 Å². The molecule has 0 saturated carbocycles. The summed E-state index contributed by atoms with van der Waals surface area (Å²) in [6.07, 6.45) is 3.43. The Bertz CT molecular complexity index is 630. The highest BCUT2D eigenvalue weighted by molar-refractivity contribution is 9.10. The first-order chi connectivity index (χ1) is 9.81. The van der Waals surface area contributed by atoms with Crippen LogP contribution >= 0.6 is 15.9 Å². The van der Waals surface area contributed by atoms with Gasteiger partial charge in [-0.3, -0.25) is 4.79 Å². The summed E-state index contributed by atoms with van der Waals surface area (Å²) in [4.78, 5) is 11.9. The molecular weight excluding hydrogens is 360 g/mol. The van der Waals surface area contributed by atoms with Gasteiger partial charge in [0.1, 0.15) is 4.47 Å². The number of halogens is 1. The number of hydrogen-bond acceptors (Lipinski definition) is 5. The molecule has 0 aliphatic carbocycles. The highest BCUT2D eigenvalue weighted by Gasteiger charge is 2.13. The summed E-state index contributed by atoms with van der Waals surface area (Å²) in [5, 5.41) is 7.12. The Morgan fingerprint density at radius 2 is 2.10 bits per heavy atom. The first-order valence-electron chi connectivity index (χ1n) is 6.75. The summed E-state index contributed by atoms with van der Waals surface area (Å²) >= 11 is 3.26. The van der Waals surface area contributed by atoms with Crippen molar-refractivity contribution in [1.82, 2.24) is 14.1 Å². The van der Waals surface area contributed by atoms with Crippen molar-refractivity contribution in [2.75, 3.05) is 31.2 Å². The van der Waals surface area contributed by atoms with Crippen LogP contribution in [-0.4, -0.2) is 48.4 Å². The minimum Gasteiger partial charge on any atom is -0.383 e. The van der Waals surface area contributed by atoms with Gasteiger partial charge in [0.05, 0.1) is 18.1 Å². The van der Waals surface area contributed by atoms with Crippen LogP contribution in [0.4, 0.5) is 5.69 Å². The van der Waals surface area contributed by atoms with Crippen molar-refractivity contribution in [3.8, 4) is 0 Å². The fraction of sp³-hybridized carbons (Fsp3) is 0.667. The standard InChI is InChI=1S/C12H21BrN4O3S/c1-4-16(21(3,19)20)8-6-7-14-10-9-15-17(5-2)12(18)11(10)13/h9,14H,4-8H2,1-3H3. The highest BCUT2D eigenvalue weighted by Crippen LogP contribution is 2.15. The Hall–Kier alpha value is -0.930. The zero-order valence-corrected chi connectivity index (χ0v) is 14.9. The van der Waals surface area contributed by atoms with Crippen molar-refractivity contribution < 1.29 is 8.42 Å². The van der Waals surface area contributed by atoms with Gasteiger partial charge in [-0.1, -0.05) is 6.92 Å². The molecule has 1 aromatic heterocycles. The molecule has 0 aromatic carbocycles. The second-order valence-corrected chi connectivity index (χ2v) is 7.30. The van der Waals surface area contributed by atoms with E-state index in [1.165, 1.54) is 15.2 Å². The average molecular weight is 381 g/mol. The van der Waals surface area contributed by atoms with E-state index >= 15 is 0 Å². The number of hydrogen-bond donors (Lipinski definition) is 1. The van der Waals surface area contributed by atoms with Crippen LogP contribution in [0, 0.1) is 0 Å². The molecule has 0 fully saturated rings. The average Bonchev–Trinajstić information content (AvgIpc) is 2.42. The van der Waals surface area contributed by atoms with Crippen molar-refractivity contribution in [3.05, 3.63) is 21.0 Å². The molecule has 21 heavy (non-hydrogen) atoms. The van der Waals surface area contributed by atoms with E-state index in [-0.39, 0.29) is 5.56 Å². The van der Waals surface area contributed by atoms with Crippen LogP contribution in [0.3, 0.4) is 0 Å². The molecule has 0 aliphatic rings. The predicted octanol–water partition coefficient (Wildman–Crippen LogP) is 1.11. The lowest BCUT2D eigenvalue weighted by Crippen LogP contribution is -2.31. The van der Waals surface area contributed by atoms with Crippen molar-refractivity contribution in [1.29, 1.82) is 0 Å². The van der Waals surface area contributed by atoms with Crippen LogP contribution in [0.2, 0.25) is 0 Å². The second-order valence-electron chi connectivity index (χ2n) is 4.53. The number of rotatable bonds is 8. The number of nitrogens with one attached hydrogen (secondary N) is 1. The highest BCUT2D eigenvalue weighted by atomic mass is 79.9. The second kappa shape index (κ2) is 7.90. The van der Waals surface area contributed by atoms with Crippen molar-refractivity contribution in [2.24, 2.45) is 0 Å². The monoisotopic (exact) mass is 380 g/mol. The first-order valence-corrected chi connectivity index (χ1v) is 9.40. The van der Waals surface area contributed by atoms with Crippen LogP contribution < -0.4 is 10.9 Å². The van der Waals surface area contributed by atoms with E-state index in [9.17, 15) is 13.2 Å². The van der Waals surface area contributed by atoms with Gasteiger partial charge in [-0.2, -0.15) is 5.10 Å². The molecule has 7 nitrogen and oxygen atoms in total. The van der Waals surface area contributed by atoms with Gasteiger partial charge in [0.15, 0.2) is 0 Å². The summed E-state index contributed by atoms with van der Waals surface area (Å²) in [5.74, 6) is 0. The lowest BCUT2D eigenvalue weighted by atomic mass is 10.4. The molecule has 0 atom stereocenters. The van der Waals surface area contributed by atoms with E-state index in [1.54, 1.807) is 13.1 Å². The normalized spacial score (nSPS) is 11.9. The minimum atomic E-state index is -3.15. The van der Waals surface area contributed by atoms with Crippen LogP contribution in [0.15, 0.2) is 15.5 Å². The molecule has 0 unspecified atom stereocenters. The van der Waals surface area contributed by atoms with E-state index in [0.29, 0.717) is 42.8 Å². The molecule has 0 spiro atoms. The van der Waals surface area contributed by atoms with E-state index < -0.39 is 10.0 Å². The molecule has 120 valence electrons. The van der Waals surface area contributed by atoms with Crippen LogP contribution in [0.1, 0.15) is 20.3 Å². The van der Waals surface area contributed by atoms with Gasteiger partial charge >= 0.3 is 0 Å². The largest absolute Gasteiger partial charge is 0.383 e. The Balaban J connectivity index is 2.58. The predicted molar refractivity (Wildman–Crippen MR) is 87.1 cm³/mol. The van der Waals surface area contributed by atoms with E-state index in [0.717, 1.165) is 0 Å². The number of anilines is 1. The Morgan fingerprint density at radius 1 is 1.43 bits per heavy atom. The van der Waals surface area contributed by atoms with Crippen LogP contribution in [0.5, 0.6) is 0 Å². The maximum atomic E-state index is 11.9. The Kier molecular flexibility index (Phi) is 6.82. The van der Waals surface area contributed by atoms with Crippen molar-refractivity contribution >= 4 is 31.6 Å². The third-order valence-corrected chi connectivity index (χ3v) is 5.15. The number of aryl methyl sites for hydroxylation is 1. The van der Waals surface area contributed by atoms with Crippen molar-refractivity contribution in [3.63, 3.8) is 0 Å². The first kappa shape index (κ1) is 18.1. The number of sulfonamides is 1. The molecule has 0 radical (unpaired) electrons. The summed E-state index contributed by atoms with van der Waals surface area (Å²) in [6, 6.07) is 0. The minimum absolute atomic E-state index is 0.186. The summed E-state index contributed by atoms with van der Waals surface area (Å²) < 4.78 is 26.1. The van der Waals surface area contributed by atoms with Crippen LogP contribution in [0.25, 0.3) is 0 Å². The SMILES string of the molecule is CCN(CCCNc1cnn(CC)c(=O)c1Br)S(C)(=O)=O. The van der Waals surface area contributed by atoms with E-state index in [2.05, 4.69) is 26.3 Å². The molecule has 1 N–H and O–H groups in total. The zero-order chi connectivity index (χ0) is 16.0. The topological polar surface area (TPSA) is 84.3 Å². The molecule has 0 saturated heterocycles. The molecule has 0 aliphatic heterocycles. The summed E-state index contributed by atoms with van der Waals surface area (Å²) in [7, 11) is -3.15. The summed E-state index contributed by atoms with van der Waals surface area (Å²) in [5.41, 5.74) is 0.431. The van der Waals surface area contributed by atoms with Gasteiger partial charge in [-0.25, -0.2) is 17.4 Å². The fourth-order valence-corrected chi connectivity index (χ4v) is 3.23. The van der Waals surface area contributed by atoms with Crippen LogP contribution in [-0.2, 0) is 16.6 Å². The third-order valence-electron chi connectivity index (χ3n) is 3.01. The quantitative estimate of drug-likeness (QED) is 0.682. The Morgan fingerprint density at radius 3 is 2.62 bits per heavy atom. The van der Waals surface area contributed by atoms with Gasteiger partial charge < -0.3 is 5.32 Å². The number of nitrogens with zero attached hydrogens (tertiary/aromatic N) is 3. The van der Waals surface area contributed by atoms with Crippen molar-refractivity contribution in [2.45, 2.75) is 26.8 Å². The van der Waals surface area contributed by atoms with Gasteiger partial charge in [0.25, 0.3) is 5.56 Å². The maximum Gasteiger partial charge on any atom is 0.283 e. The summed E-state index contributed by atoms with van der Waals surface area (Å²) in [6.45, 7) is 5.62. The lowest BCUT2D eigenvalue weighted by Gasteiger charge is -2.18. The smallest absolute Gasteiger partial charge is 0.283 e. The maximum absolute atomic E-state index is 11.9. The van der Waals surface area contributed by atoms with Gasteiger partial charge in [0, 0.05) is 26.2 Å². The fourth-order valence-electron chi connectivity index (χ4n) is 1.85. The molecule has 1 aromatic rings. The zero-order valence-electron chi connectivity index (χ0n) is 12.5. The van der Waals surface area contributed by atoms with Gasteiger partial charge in [0.2, 0.25) is 10.0 Å². The van der Waals surface area contributed by atoms with Gasteiger partial charge in [-0.05, 0) is 29.3 Å². The molecule has 1 heterocycles. The lowest BCUT2D eigenvalue weighted by molar-refractivity contribution is 0.428. The molecular formula is C12H21BrN4O3S. The number of aromatic nitrogens is 2. The molecule has 9 heteroatoms.